The fraction of sp³-hybridized carbons (Fsp3) is 0.455. The zero-order chi connectivity index (χ0) is 9.31. The van der Waals surface area contributed by atoms with Crippen molar-refractivity contribution in [3.8, 4) is 0 Å². The van der Waals surface area contributed by atoms with Crippen molar-refractivity contribution in [2.75, 3.05) is 7.05 Å². The Bertz CT molecular complexity index is 287. The molecular formula is C11H13ClN-. The van der Waals surface area contributed by atoms with Crippen LogP contribution in [0.1, 0.15) is 18.4 Å². The van der Waals surface area contributed by atoms with Crippen molar-refractivity contribution in [1.29, 1.82) is 0 Å². The molecule has 2 rings (SSSR count). The molecule has 0 saturated heterocycles. The first-order valence-corrected chi connectivity index (χ1v) is 4.97. The number of hydrogen-bond acceptors (Lipinski definition) is 0. The van der Waals surface area contributed by atoms with Gasteiger partial charge in [-0.15, -0.1) is 5.54 Å². The molecule has 0 spiro atoms. The summed E-state index contributed by atoms with van der Waals surface area (Å²) in [6.45, 7) is 0. The van der Waals surface area contributed by atoms with Gasteiger partial charge in [-0.05, 0) is 24.1 Å². The van der Waals surface area contributed by atoms with E-state index in [-0.39, 0.29) is 5.54 Å². The summed E-state index contributed by atoms with van der Waals surface area (Å²) in [4.78, 5) is 0. The molecule has 13 heavy (non-hydrogen) atoms. The van der Waals surface area contributed by atoms with Gasteiger partial charge >= 0.3 is 0 Å². The highest BCUT2D eigenvalue weighted by Crippen LogP contribution is 2.44. The molecule has 0 amide bonds. The third-order valence-electron chi connectivity index (χ3n) is 2.75. The molecule has 0 aliphatic heterocycles. The van der Waals surface area contributed by atoms with Gasteiger partial charge in [0.05, 0.1) is 0 Å². The van der Waals surface area contributed by atoms with Crippen molar-refractivity contribution in [1.82, 2.24) is 0 Å². The Hall–Kier alpha value is -0.530. The topological polar surface area (TPSA) is 14.1 Å². The van der Waals surface area contributed by atoms with Crippen molar-refractivity contribution in [3.05, 3.63) is 40.2 Å². The number of likely N-dealkylation sites (N-methyl/N-ethyl adjacent to an activating group) is 1. The molecule has 1 aliphatic rings. The maximum Gasteiger partial charge on any atom is 0.0406 e. The molecule has 0 aromatic heterocycles. The van der Waals surface area contributed by atoms with Gasteiger partial charge in [0.25, 0.3) is 0 Å². The standard InChI is InChI=1S/C11H13ClN/c1-13-11(6-7-11)8-9-2-4-10(12)5-3-9/h2-5H,6-8H2,1H3/q-1. The van der Waals surface area contributed by atoms with Crippen LogP contribution in [0.25, 0.3) is 5.32 Å². The maximum atomic E-state index is 5.81. The summed E-state index contributed by atoms with van der Waals surface area (Å²) in [6.07, 6.45) is 3.55. The van der Waals surface area contributed by atoms with Crippen LogP contribution in [-0.4, -0.2) is 12.6 Å². The number of rotatable bonds is 3. The lowest BCUT2D eigenvalue weighted by molar-refractivity contribution is 0.750. The second-order valence-corrected chi connectivity index (χ2v) is 4.19. The Morgan fingerprint density at radius 2 is 1.92 bits per heavy atom. The van der Waals surface area contributed by atoms with E-state index in [9.17, 15) is 0 Å². The van der Waals surface area contributed by atoms with E-state index in [1.165, 1.54) is 18.4 Å². The van der Waals surface area contributed by atoms with Gasteiger partial charge in [-0.2, -0.15) is 7.05 Å². The third-order valence-corrected chi connectivity index (χ3v) is 3.00. The monoisotopic (exact) mass is 194 g/mol. The zero-order valence-corrected chi connectivity index (χ0v) is 8.51. The van der Waals surface area contributed by atoms with Gasteiger partial charge in [0, 0.05) is 5.02 Å². The summed E-state index contributed by atoms with van der Waals surface area (Å²) in [6, 6.07) is 8.08. The maximum absolute atomic E-state index is 5.81. The van der Waals surface area contributed by atoms with Crippen molar-refractivity contribution in [2.45, 2.75) is 24.8 Å². The summed E-state index contributed by atoms with van der Waals surface area (Å²) < 4.78 is 0. The van der Waals surface area contributed by atoms with Gasteiger partial charge in [0.15, 0.2) is 0 Å². The summed E-state index contributed by atoms with van der Waals surface area (Å²) in [7, 11) is 1.92. The second-order valence-electron chi connectivity index (χ2n) is 3.75. The molecule has 0 heterocycles. The van der Waals surface area contributed by atoms with Gasteiger partial charge < -0.3 is 5.32 Å². The molecule has 2 heteroatoms. The number of halogens is 1. The average Bonchev–Trinajstić information content (AvgIpc) is 2.90. The molecule has 0 atom stereocenters. The summed E-state index contributed by atoms with van der Waals surface area (Å²) in [5.74, 6) is 0. The minimum Gasteiger partial charge on any atom is -0.659 e. The first-order chi connectivity index (χ1) is 6.24. The van der Waals surface area contributed by atoms with E-state index < -0.39 is 0 Å². The Morgan fingerprint density at radius 3 is 2.38 bits per heavy atom. The van der Waals surface area contributed by atoms with Crippen LogP contribution in [0.2, 0.25) is 5.02 Å². The quantitative estimate of drug-likeness (QED) is 0.700. The van der Waals surface area contributed by atoms with Gasteiger partial charge in [0.1, 0.15) is 0 Å². The van der Waals surface area contributed by atoms with Crippen LogP contribution in [0.4, 0.5) is 0 Å². The number of nitrogens with zero attached hydrogens (tertiary/aromatic N) is 1. The van der Waals surface area contributed by atoms with Crippen molar-refractivity contribution >= 4 is 11.6 Å². The van der Waals surface area contributed by atoms with E-state index in [1.54, 1.807) is 0 Å². The highest BCUT2D eigenvalue weighted by atomic mass is 35.5. The van der Waals surface area contributed by atoms with E-state index in [4.69, 9.17) is 11.6 Å². The minimum atomic E-state index is 0.272. The fourth-order valence-electron chi connectivity index (χ4n) is 1.61. The first-order valence-electron chi connectivity index (χ1n) is 4.60. The van der Waals surface area contributed by atoms with Crippen LogP contribution >= 0.6 is 11.6 Å². The van der Waals surface area contributed by atoms with Crippen LogP contribution in [0, 0.1) is 0 Å². The molecule has 0 N–H and O–H groups in total. The molecule has 70 valence electrons. The summed E-state index contributed by atoms with van der Waals surface area (Å²) in [5.41, 5.74) is 1.61. The average molecular weight is 195 g/mol. The molecule has 0 bridgehead atoms. The Morgan fingerprint density at radius 1 is 1.31 bits per heavy atom. The van der Waals surface area contributed by atoms with Crippen LogP contribution in [-0.2, 0) is 6.42 Å². The Labute approximate surface area is 84.1 Å². The molecule has 1 nitrogen and oxygen atoms in total. The molecule has 0 radical (unpaired) electrons. The van der Waals surface area contributed by atoms with E-state index >= 15 is 0 Å². The molecule has 1 saturated carbocycles. The molecule has 1 fully saturated rings. The summed E-state index contributed by atoms with van der Waals surface area (Å²) >= 11 is 5.81. The van der Waals surface area contributed by atoms with Crippen LogP contribution in [0.3, 0.4) is 0 Å². The smallest absolute Gasteiger partial charge is 0.0406 e. The highest BCUT2D eigenvalue weighted by molar-refractivity contribution is 6.30. The van der Waals surface area contributed by atoms with Gasteiger partial charge in [0.2, 0.25) is 0 Å². The fourth-order valence-corrected chi connectivity index (χ4v) is 1.73. The highest BCUT2D eigenvalue weighted by Gasteiger charge is 2.31. The van der Waals surface area contributed by atoms with E-state index in [0.717, 1.165) is 11.4 Å². The first kappa shape index (κ1) is 9.04. The predicted molar refractivity (Wildman–Crippen MR) is 56.4 cm³/mol. The zero-order valence-electron chi connectivity index (χ0n) is 7.76. The SMILES string of the molecule is C[N-]C1(Cc2ccc(Cl)cc2)CC1. The number of hydrogen-bond donors (Lipinski definition) is 0. The molecular weight excluding hydrogens is 182 g/mol. The molecule has 1 aliphatic carbocycles. The summed E-state index contributed by atoms with van der Waals surface area (Å²) in [5, 5.41) is 5.22. The van der Waals surface area contributed by atoms with Crippen molar-refractivity contribution in [3.63, 3.8) is 0 Å². The van der Waals surface area contributed by atoms with E-state index in [0.29, 0.717) is 0 Å². The largest absolute Gasteiger partial charge is 0.659 e. The van der Waals surface area contributed by atoms with Crippen LogP contribution < -0.4 is 0 Å². The lowest BCUT2D eigenvalue weighted by Crippen LogP contribution is -2.09. The molecule has 0 unspecified atom stereocenters. The van der Waals surface area contributed by atoms with Crippen molar-refractivity contribution in [2.24, 2.45) is 0 Å². The van der Waals surface area contributed by atoms with Gasteiger partial charge in [-0.25, -0.2) is 0 Å². The lowest BCUT2D eigenvalue weighted by atomic mass is 10.0. The molecule has 1 aromatic carbocycles. The second kappa shape index (κ2) is 3.32. The van der Waals surface area contributed by atoms with Gasteiger partial charge in [-0.3, -0.25) is 0 Å². The molecule has 1 aromatic rings. The third kappa shape index (κ3) is 2.04. The van der Waals surface area contributed by atoms with Crippen LogP contribution in [0.5, 0.6) is 0 Å². The van der Waals surface area contributed by atoms with Crippen molar-refractivity contribution < 1.29 is 0 Å². The van der Waals surface area contributed by atoms with E-state index in [1.807, 2.05) is 19.2 Å². The van der Waals surface area contributed by atoms with E-state index in [2.05, 4.69) is 17.4 Å². The van der Waals surface area contributed by atoms with Crippen LogP contribution in [0.15, 0.2) is 24.3 Å². The predicted octanol–water partition coefficient (Wildman–Crippen LogP) is 3.42. The minimum absolute atomic E-state index is 0.272. The number of benzene rings is 1. The lowest BCUT2D eigenvalue weighted by Gasteiger charge is -2.27. The normalized spacial score (nSPS) is 18.6. The van der Waals surface area contributed by atoms with Gasteiger partial charge in [-0.1, -0.05) is 36.6 Å². The Kier molecular flexibility index (Phi) is 2.31. The Balaban J connectivity index is 2.06.